The molecule has 9 heteroatoms. The number of hydroxylamine groups is 1. The van der Waals surface area contributed by atoms with Crippen molar-refractivity contribution in [1.29, 1.82) is 0 Å². The van der Waals surface area contributed by atoms with Crippen molar-refractivity contribution in [2.24, 2.45) is 0 Å². The number of aromatic nitrogens is 2. The normalized spacial score (nSPS) is 15.9. The monoisotopic (exact) mass is 407 g/mol. The molecular weight excluding hydrogens is 382 g/mol. The summed E-state index contributed by atoms with van der Waals surface area (Å²) < 4.78 is 0. The van der Waals surface area contributed by atoms with Crippen molar-refractivity contribution in [3.63, 3.8) is 0 Å². The van der Waals surface area contributed by atoms with Gasteiger partial charge in [-0.15, -0.1) is 0 Å². The number of nitrogens with zero attached hydrogens (tertiary/aromatic N) is 3. The van der Waals surface area contributed by atoms with Gasteiger partial charge in [0.1, 0.15) is 5.82 Å². The molecule has 0 saturated heterocycles. The maximum absolute atomic E-state index is 12.4. The summed E-state index contributed by atoms with van der Waals surface area (Å²) in [5, 5.41) is 3.31. The number of carbonyl (C=O) groups is 1. The molecule has 0 spiro atoms. The summed E-state index contributed by atoms with van der Waals surface area (Å²) in [5.41, 5.74) is 18.1. The van der Waals surface area contributed by atoms with Crippen LogP contribution in [0.3, 0.4) is 0 Å². The molecule has 3 heterocycles. The molecule has 0 saturated carbocycles. The van der Waals surface area contributed by atoms with Gasteiger partial charge in [-0.2, -0.15) is 10.5 Å². The zero-order chi connectivity index (χ0) is 20.9. The summed E-state index contributed by atoms with van der Waals surface area (Å²) in [4.78, 5) is 27.9. The summed E-state index contributed by atoms with van der Waals surface area (Å²) in [6.07, 6.45) is 5.28. The molecule has 6 N–H and O–H groups in total. The van der Waals surface area contributed by atoms with Crippen LogP contribution in [0.15, 0.2) is 48.2 Å². The first-order valence-electron chi connectivity index (χ1n) is 9.90. The lowest BCUT2D eigenvalue weighted by atomic mass is 10.0. The van der Waals surface area contributed by atoms with E-state index in [4.69, 9.17) is 16.3 Å². The highest BCUT2D eigenvalue weighted by Crippen LogP contribution is 2.24. The van der Waals surface area contributed by atoms with Gasteiger partial charge in [0.15, 0.2) is 0 Å². The van der Waals surface area contributed by atoms with Crippen LogP contribution in [0.4, 0.5) is 17.5 Å². The molecule has 0 unspecified atom stereocenters. The third-order valence-electron chi connectivity index (χ3n) is 5.03. The Bertz CT molecular complexity index is 985. The molecule has 0 atom stereocenters. The van der Waals surface area contributed by atoms with E-state index in [0.29, 0.717) is 44.2 Å². The standard InChI is InChI=1S/C21H25N7O2/c22-16-3-1-14(2-4-16)5-9-24-19-13-17(26-21(23)27-19)15-7-11-28(12-8-15)20(29)18-6-10-25-30-18/h1-4,6-7,13,25H,5,8-12,22H2,(H3,23,24,26,27). The minimum atomic E-state index is -0.109. The highest BCUT2D eigenvalue weighted by molar-refractivity contribution is 5.92. The van der Waals surface area contributed by atoms with Gasteiger partial charge < -0.3 is 26.5 Å². The molecule has 0 radical (unpaired) electrons. The topological polar surface area (TPSA) is 131 Å². The summed E-state index contributed by atoms with van der Waals surface area (Å²) in [5.74, 6) is 1.15. The van der Waals surface area contributed by atoms with Crippen molar-refractivity contribution < 1.29 is 9.63 Å². The lowest BCUT2D eigenvalue weighted by Gasteiger charge is -2.26. The molecule has 9 nitrogen and oxygen atoms in total. The average Bonchev–Trinajstić information content (AvgIpc) is 3.29. The van der Waals surface area contributed by atoms with Gasteiger partial charge in [0.2, 0.25) is 11.7 Å². The number of nitrogen functional groups attached to an aromatic ring is 2. The van der Waals surface area contributed by atoms with E-state index in [2.05, 4.69) is 20.8 Å². The van der Waals surface area contributed by atoms with Gasteiger partial charge >= 0.3 is 0 Å². The van der Waals surface area contributed by atoms with Gasteiger partial charge in [0.05, 0.1) is 12.2 Å². The zero-order valence-corrected chi connectivity index (χ0v) is 16.6. The number of benzene rings is 1. The molecule has 0 fully saturated rings. The zero-order valence-electron chi connectivity index (χ0n) is 16.6. The molecule has 1 amide bonds. The van der Waals surface area contributed by atoms with E-state index in [1.165, 1.54) is 5.56 Å². The summed E-state index contributed by atoms with van der Waals surface area (Å²) in [7, 11) is 0. The predicted molar refractivity (Wildman–Crippen MR) is 116 cm³/mol. The Labute approximate surface area is 174 Å². The van der Waals surface area contributed by atoms with E-state index in [1.54, 1.807) is 11.0 Å². The van der Waals surface area contributed by atoms with Crippen LogP contribution in [-0.4, -0.2) is 47.0 Å². The number of hydrogen-bond acceptors (Lipinski definition) is 8. The van der Waals surface area contributed by atoms with Crippen LogP contribution in [0.5, 0.6) is 0 Å². The molecule has 1 aromatic carbocycles. The largest absolute Gasteiger partial charge is 0.403 e. The van der Waals surface area contributed by atoms with E-state index >= 15 is 0 Å². The van der Waals surface area contributed by atoms with Crippen molar-refractivity contribution in [3.05, 3.63) is 59.5 Å². The Hall–Kier alpha value is -3.59. The fourth-order valence-corrected chi connectivity index (χ4v) is 3.41. The number of anilines is 3. The Balaban J connectivity index is 1.38. The maximum atomic E-state index is 12.4. The molecule has 30 heavy (non-hydrogen) atoms. The highest BCUT2D eigenvalue weighted by Gasteiger charge is 2.24. The fraction of sp³-hybridized carbons (Fsp3) is 0.286. The van der Waals surface area contributed by atoms with E-state index in [-0.39, 0.29) is 11.9 Å². The van der Waals surface area contributed by atoms with Crippen LogP contribution in [0.2, 0.25) is 0 Å². The van der Waals surface area contributed by atoms with Gasteiger partial charge in [0.25, 0.3) is 5.91 Å². The van der Waals surface area contributed by atoms with Gasteiger partial charge in [-0.1, -0.05) is 18.2 Å². The molecule has 2 aliphatic rings. The molecule has 0 bridgehead atoms. The number of hydrogen-bond donors (Lipinski definition) is 4. The average molecular weight is 407 g/mol. The second-order valence-electron chi connectivity index (χ2n) is 7.16. The minimum absolute atomic E-state index is 0.109. The van der Waals surface area contributed by atoms with Crippen LogP contribution < -0.4 is 22.3 Å². The van der Waals surface area contributed by atoms with Crippen molar-refractivity contribution in [1.82, 2.24) is 20.3 Å². The Kier molecular flexibility index (Phi) is 5.80. The van der Waals surface area contributed by atoms with Crippen LogP contribution in [0, 0.1) is 0 Å². The lowest BCUT2D eigenvalue weighted by molar-refractivity contribution is -0.131. The Morgan fingerprint density at radius 1 is 1.20 bits per heavy atom. The van der Waals surface area contributed by atoms with Gasteiger partial charge in [-0.05, 0) is 42.2 Å². The summed E-state index contributed by atoms with van der Waals surface area (Å²) >= 11 is 0. The van der Waals surface area contributed by atoms with Crippen LogP contribution in [0.25, 0.3) is 5.57 Å². The third-order valence-corrected chi connectivity index (χ3v) is 5.03. The molecule has 1 aromatic heterocycles. The van der Waals surface area contributed by atoms with Gasteiger partial charge in [0, 0.05) is 31.4 Å². The van der Waals surface area contributed by atoms with Crippen molar-refractivity contribution in [3.8, 4) is 0 Å². The second-order valence-corrected chi connectivity index (χ2v) is 7.16. The molecule has 2 aliphatic heterocycles. The fourth-order valence-electron chi connectivity index (χ4n) is 3.41. The number of amides is 1. The van der Waals surface area contributed by atoms with Crippen molar-refractivity contribution in [2.45, 2.75) is 12.8 Å². The SMILES string of the molecule is Nc1ccc(CCNc2cc(C3=CCN(C(=O)C4=CCNO4)CC3)nc(N)n2)cc1. The van der Waals surface area contributed by atoms with E-state index in [1.807, 2.05) is 36.4 Å². The molecule has 4 rings (SSSR count). The number of carbonyl (C=O) groups excluding carboxylic acids is 1. The summed E-state index contributed by atoms with van der Waals surface area (Å²) in [6.45, 7) is 2.35. The summed E-state index contributed by atoms with van der Waals surface area (Å²) in [6, 6.07) is 9.71. The Morgan fingerprint density at radius 3 is 2.73 bits per heavy atom. The van der Waals surface area contributed by atoms with Crippen LogP contribution in [0.1, 0.15) is 17.7 Å². The van der Waals surface area contributed by atoms with Gasteiger partial charge in [-0.25, -0.2) is 4.98 Å². The van der Waals surface area contributed by atoms with Crippen molar-refractivity contribution in [2.75, 3.05) is 43.0 Å². The lowest BCUT2D eigenvalue weighted by Crippen LogP contribution is -2.36. The quantitative estimate of drug-likeness (QED) is 0.528. The van der Waals surface area contributed by atoms with Crippen molar-refractivity contribution >= 4 is 28.9 Å². The highest BCUT2D eigenvalue weighted by atomic mass is 16.7. The first-order valence-corrected chi connectivity index (χ1v) is 9.90. The Morgan fingerprint density at radius 2 is 2.03 bits per heavy atom. The minimum Gasteiger partial charge on any atom is -0.403 e. The second kappa shape index (κ2) is 8.83. The number of nitrogens with one attached hydrogen (secondary N) is 2. The maximum Gasteiger partial charge on any atom is 0.291 e. The van der Waals surface area contributed by atoms with Gasteiger partial charge in [-0.3, -0.25) is 4.79 Å². The van der Waals surface area contributed by atoms with Crippen LogP contribution in [-0.2, 0) is 16.1 Å². The van der Waals surface area contributed by atoms with E-state index < -0.39 is 0 Å². The predicted octanol–water partition coefficient (Wildman–Crippen LogP) is 1.33. The molecule has 2 aromatic rings. The first kappa shape index (κ1) is 19.7. The molecule has 0 aliphatic carbocycles. The smallest absolute Gasteiger partial charge is 0.291 e. The third kappa shape index (κ3) is 4.69. The van der Waals surface area contributed by atoms with E-state index in [9.17, 15) is 4.79 Å². The molecular formula is C21H25N7O2. The number of rotatable bonds is 6. The molecule has 156 valence electrons. The van der Waals surface area contributed by atoms with E-state index in [0.717, 1.165) is 23.4 Å². The first-order chi connectivity index (χ1) is 14.6. The van der Waals surface area contributed by atoms with Crippen LogP contribution >= 0.6 is 0 Å². The number of nitrogens with two attached hydrogens (primary N) is 2.